The highest BCUT2D eigenvalue weighted by Gasteiger charge is 2.37. The molecule has 0 aliphatic rings. The van der Waals surface area contributed by atoms with E-state index < -0.39 is 5.60 Å². The summed E-state index contributed by atoms with van der Waals surface area (Å²) in [6.07, 6.45) is 1.40. The fourth-order valence-corrected chi connectivity index (χ4v) is 3.27. The monoisotopic (exact) mass is 341 g/mol. The molecule has 4 nitrogen and oxygen atoms in total. The summed E-state index contributed by atoms with van der Waals surface area (Å²) in [5.41, 5.74) is 0.389. The van der Waals surface area contributed by atoms with Gasteiger partial charge in [0.25, 0.3) is 0 Å². The molecule has 0 unspecified atom stereocenters. The van der Waals surface area contributed by atoms with Crippen LogP contribution in [0.3, 0.4) is 0 Å². The zero-order valence-corrected chi connectivity index (χ0v) is 15.2. The molecule has 134 valence electrons. The van der Waals surface area contributed by atoms with Gasteiger partial charge in [0.2, 0.25) is 0 Å². The van der Waals surface area contributed by atoms with E-state index in [-0.39, 0.29) is 0 Å². The van der Waals surface area contributed by atoms with Crippen molar-refractivity contribution in [1.29, 1.82) is 0 Å². The second kappa shape index (κ2) is 9.35. The highest BCUT2D eigenvalue weighted by Crippen LogP contribution is 2.32. The van der Waals surface area contributed by atoms with Crippen LogP contribution >= 0.6 is 0 Å². The molecular weight excluding hydrogens is 312 g/mol. The number of quaternary nitrogens is 1. The molecule has 0 bridgehead atoms. The topological polar surface area (TPSA) is 57.3 Å². The average Bonchev–Trinajstić information content (AvgIpc) is 2.69. The standard InChI is InChI=1S/C21H28N2O2/c1-3-23(4-2)17-11-16-20(22-25)21(24,18-12-7-5-8-13-18)19-14-9-6-10-15-19/h5-10,12-15,24-25H,3-4,11,16-17H2,1-2H3/p+1/b22-20-. The summed E-state index contributed by atoms with van der Waals surface area (Å²) in [5, 5.41) is 24.8. The highest BCUT2D eigenvalue weighted by atomic mass is 16.4. The number of nitrogens with zero attached hydrogens (tertiary/aromatic N) is 1. The van der Waals surface area contributed by atoms with Crippen molar-refractivity contribution in [3.05, 3.63) is 71.8 Å². The molecule has 0 amide bonds. The third-order valence-electron chi connectivity index (χ3n) is 4.87. The fraction of sp³-hybridized carbons (Fsp3) is 0.381. The SMILES string of the molecule is CC[NH+](CC)CCC/C(=N/O)C(O)(c1ccccc1)c1ccccc1. The maximum Gasteiger partial charge on any atom is 0.156 e. The van der Waals surface area contributed by atoms with Crippen molar-refractivity contribution in [2.75, 3.05) is 19.6 Å². The Hall–Kier alpha value is -2.17. The Kier molecular flexibility index (Phi) is 7.16. The molecule has 4 heteroatoms. The van der Waals surface area contributed by atoms with E-state index in [0.29, 0.717) is 23.3 Å². The molecule has 2 aromatic rings. The number of aliphatic hydroxyl groups is 1. The second-order valence-corrected chi connectivity index (χ2v) is 6.30. The van der Waals surface area contributed by atoms with Gasteiger partial charge in [-0.2, -0.15) is 0 Å². The lowest BCUT2D eigenvalue weighted by Gasteiger charge is -2.30. The molecule has 0 fully saturated rings. The highest BCUT2D eigenvalue weighted by molar-refractivity contribution is 5.96. The van der Waals surface area contributed by atoms with Gasteiger partial charge in [0.1, 0.15) is 0 Å². The molecule has 2 rings (SSSR count). The zero-order chi connectivity index (χ0) is 18.1. The number of oxime groups is 1. The van der Waals surface area contributed by atoms with Gasteiger partial charge in [0.05, 0.1) is 25.3 Å². The average molecular weight is 341 g/mol. The summed E-state index contributed by atoms with van der Waals surface area (Å²) in [5.74, 6) is 0. The fourth-order valence-electron chi connectivity index (χ4n) is 3.27. The van der Waals surface area contributed by atoms with E-state index in [9.17, 15) is 10.3 Å². The van der Waals surface area contributed by atoms with Crippen molar-refractivity contribution in [3.8, 4) is 0 Å². The van der Waals surface area contributed by atoms with Crippen molar-refractivity contribution in [1.82, 2.24) is 0 Å². The minimum absolute atomic E-state index is 0.386. The van der Waals surface area contributed by atoms with E-state index in [1.807, 2.05) is 60.7 Å². The van der Waals surface area contributed by atoms with Gasteiger partial charge in [-0.15, -0.1) is 0 Å². The second-order valence-electron chi connectivity index (χ2n) is 6.30. The first-order valence-electron chi connectivity index (χ1n) is 9.05. The first-order chi connectivity index (χ1) is 12.2. The van der Waals surface area contributed by atoms with Crippen LogP contribution in [0.4, 0.5) is 0 Å². The molecule has 0 saturated heterocycles. The minimum Gasteiger partial charge on any atom is -0.411 e. The summed E-state index contributed by atoms with van der Waals surface area (Å²) < 4.78 is 0. The molecule has 0 aromatic heterocycles. The summed E-state index contributed by atoms with van der Waals surface area (Å²) in [6.45, 7) is 7.48. The van der Waals surface area contributed by atoms with Gasteiger partial charge in [-0.25, -0.2) is 0 Å². The Balaban J connectivity index is 2.31. The molecule has 0 saturated carbocycles. The van der Waals surface area contributed by atoms with Gasteiger partial charge < -0.3 is 15.2 Å². The van der Waals surface area contributed by atoms with Crippen LogP contribution in [0.1, 0.15) is 37.8 Å². The van der Waals surface area contributed by atoms with Crippen LogP contribution in [0.25, 0.3) is 0 Å². The van der Waals surface area contributed by atoms with Crippen LogP contribution in [0.5, 0.6) is 0 Å². The van der Waals surface area contributed by atoms with Crippen molar-refractivity contribution in [3.63, 3.8) is 0 Å². The van der Waals surface area contributed by atoms with Crippen LogP contribution in [0.15, 0.2) is 65.8 Å². The van der Waals surface area contributed by atoms with Crippen LogP contribution in [0.2, 0.25) is 0 Å². The lowest BCUT2D eigenvalue weighted by atomic mass is 9.80. The molecule has 2 aromatic carbocycles. The first kappa shape index (κ1) is 19.2. The maximum atomic E-state index is 11.6. The normalized spacial score (nSPS) is 12.6. The third kappa shape index (κ3) is 4.47. The molecular formula is C21H29N2O2+. The van der Waals surface area contributed by atoms with Gasteiger partial charge in [0, 0.05) is 6.42 Å². The first-order valence-corrected chi connectivity index (χ1v) is 9.05. The van der Waals surface area contributed by atoms with Gasteiger partial charge in [-0.1, -0.05) is 65.8 Å². The summed E-state index contributed by atoms with van der Waals surface area (Å²) in [7, 11) is 0. The minimum atomic E-state index is -1.42. The molecule has 3 N–H and O–H groups in total. The maximum absolute atomic E-state index is 11.6. The smallest absolute Gasteiger partial charge is 0.156 e. The van der Waals surface area contributed by atoms with E-state index in [1.54, 1.807) is 0 Å². The summed E-state index contributed by atoms with van der Waals surface area (Å²) in [4.78, 5) is 1.50. The predicted octanol–water partition coefficient (Wildman–Crippen LogP) is 2.46. The van der Waals surface area contributed by atoms with Gasteiger partial charge in [-0.3, -0.25) is 0 Å². The van der Waals surface area contributed by atoms with E-state index in [0.717, 1.165) is 26.1 Å². The molecule has 0 radical (unpaired) electrons. The number of nitrogens with one attached hydrogen (secondary N) is 1. The molecule has 0 aliphatic heterocycles. The quantitative estimate of drug-likeness (QED) is 0.373. The number of hydrogen-bond acceptors (Lipinski definition) is 3. The summed E-state index contributed by atoms with van der Waals surface area (Å²) >= 11 is 0. The number of rotatable bonds is 9. The van der Waals surface area contributed by atoms with Crippen LogP contribution in [-0.2, 0) is 5.60 Å². The zero-order valence-electron chi connectivity index (χ0n) is 15.2. The summed E-state index contributed by atoms with van der Waals surface area (Å²) in [6, 6.07) is 18.8. The Labute approximate surface area is 150 Å². The number of hydrogen-bond donors (Lipinski definition) is 3. The molecule has 0 heterocycles. The van der Waals surface area contributed by atoms with Crippen LogP contribution < -0.4 is 4.90 Å². The van der Waals surface area contributed by atoms with Crippen LogP contribution in [-0.4, -0.2) is 35.7 Å². The molecule has 0 spiro atoms. The molecule has 0 aliphatic carbocycles. The Bertz CT molecular complexity index is 613. The lowest BCUT2D eigenvalue weighted by molar-refractivity contribution is -0.896. The third-order valence-corrected chi connectivity index (χ3v) is 4.87. The van der Waals surface area contributed by atoms with Gasteiger partial charge in [0.15, 0.2) is 5.60 Å². The predicted molar refractivity (Wildman–Crippen MR) is 101 cm³/mol. The van der Waals surface area contributed by atoms with Gasteiger partial charge in [-0.05, 0) is 31.4 Å². The van der Waals surface area contributed by atoms with Crippen LogP contribution in [0, 0.1) is 0 Å². The van der Waals surface area contributed by atoms with E-state index >= 15 is 0 Å². The van der Waals surface area contributed by atoms with E-state index in [4.69, 9.17) is 0 Å². The van der Waals surface area contributed by atoms with Gasteiger partial charge >= 0.3 is 0 Å². The molecule has 25 heavy (non-hydrogen) atoms. The Morgan fingerprint density at radius 3 is 1.80 bits per heavy atom. The Morgan fingerprint density at radius 2 is 1.40 bits per heavy atom. The molecule has 0 atom stereocenters. The van der Waals surface area contributed by atoms with E-state index in [2.05, 4.69) is 19.0 Å². The van der Waals surface area contributed by atoms with Crippen molar-refractivity contribution < 1.29 is 15.2 Å². The van der Waals surface area contributed by atoms with E-state index in [1.165, 1.54) is 4.90 Å². The van der Waals surface area contributed by atoms with Crippen molar-refractivity contribution in [2.45, 2.75) is 32.3 Å². The van der Waals surface area contributed by atoms with Crippen molar-refractivity contribution in [2.24, 2.45) is 5.16 Å². The largest absolute Gasteiger partial charge is 0.411 e. The number of benzene rings is 2. The Morgan fingerprint density at radius 1 is 0.920 bits per heavy atom. The van der Waals surface area contributed by atoms with Crippen molar-refractivity contribution >= 4 is 5.71 Å². The lowest BCUT2D eigenvalue weighted by Crippen LogP contribution is -3.11.